The number of para-hydroxylation sites is 1. The van der Waals surface area contributed by atoms with Gasteiger partial charge >= 0.3 is 0 Å². The number of Topliss-reactive ketones (excluding diaryl/α,β-unsaturated/α-hetero) is 1. The molecule has 1 unspecified atom stereocenters. The van der Waals surface area contributed by atoms with Gasteiger partial charge in [-0.25, -0.2) is 0 Å². The number of benzene rings is 3. The lowest BCUT2D eigenvalue weighted by molar-refractivity contribution is 0.102. The van der Waals surface area contributed by atoms with Crippen molar-refractivity contribution in [3.63, 3.8) is 0 Å². The van der Waals surface area contributed by atoms with Crippen molar-refractivity contribution in [2.24, 2.45) is 0 Å². The van der Waals surface area contributed by atoms with E-state index in [0.717, 1.165) is 35.2 Å². The third-order valence-electron chi connectivity index (χ3n) is 7.43. The van der Waals surface area contributed by atoms with Gasteiger partial charge in [-0.1, -0.05) is 72.8 Å². The third kappa shape index (κ3) is 2.92. The van der Waals surface area contributed by atoms with Crippen LogP contribution in [0.5, 0.6) is 0 Å². The highest BCUT2D eigenvalue weighted by atomic mass is 16.1. The van der Waals surface area contributed by atoms with Crippen LogP contribution in [0.15, 0.2) is 102 Å². The van der Waals surface area contributed by atoms with Crippen molar-refractivity contribution in [2.45, 2.75) is 25.8 Å². The Bertz CT molecular complexity index is 1460. The molecule has 1 atom stereocenters. The normalized spacial score (nSPS) is 19.5. The highest BCUT2D eigenvalue weighted by Crippen LogP contribution is 2.46. The Morgan fingerprint density at radius 3 is 2.52 bits per heavy atom. The van der Waals surface area contributed by atoms with Crippen molar-refractivity contribution in [2.75, 3.05) is 6.54 Å². The Balaban J connectivity index is 1.42. The molecule has 0 amide bonds. The molecule has 3 heteroatoms. The zero-order valence-corrected chi connectivity index (χ0v) is 18.9. The van der Waals surface area contributed by atoms with Crippen molar-refractivity contribution in [3.8, 4) is 11.1 Å². The van der Waals surface area contributed by atoms with Crippen LogP contribution in [0.4, 0.5) is 0 Å². The fraction of sp³-hybridized carbons (Fsp3) is 0.167. The number of nitrogens with one attached hydrogen (secondary N) is 1. The first-order chi connectivity index (χ1) is 16.1. The number of aromatic nitrogens is 1. The van der Waals surface area contributed by atoms with Crippen LogP contribution in [0.3, 0.4) is 0 Å². The Morgan fingerprint density at radius 2 is 1.67 bits per heavy atom. The van der Waals surface area contributed by atoms with Gasteiger partial charge in [0.05, 0.1) is 5.54 Å². The monoisotopic (exact) mass is 430 g/mol. The van der Waals surface area contributed by atoms with E-state index in [9.17, 15) is 4.79 Å². The molecule has 0 bridgehead atoms. The largest absolute Gasteiger partial charge is 0.362 e. The minimum absolute atomic E-state index is 0.0679. The number of rotatable bonds is 3. The van der Waals surface area contributed by atoms with Gasteiger partial charge in [0.2, 0.25) is 0 Å². The molecule has 0 spiro atoms. The van der Waals surface area contributed by atoms with Gasteiger partial charge < -0.3 is 9.88 Å². The van der Waals surface area contributed by atoms with Crippen LogP contribution in [-0.4, -0.2) is 22.2 Å². The number of H-pyrrole nitrogens is 1. The molecule has 0 saturated carbocycles. The number of hydrogen-bond donors (Lipinski definition) is 1. The number of carbonyl (C=O) groups is 1. The maximum atomic E-state index is 13.8. The summed E-state index contributed by atoms with van der Waals surface area (Å²) in [6.45, 7) is 5.30. The Morgan fingerprint density at radius 1 is 0.939 bits per heavy atom. The molecule has 1 N–H and O–H groups in total. The van der Waals surface area contributed by atoms with E-state index in [0.29, 0.717) is 0 Å². The van der Waals surface area contributed by atoms with E-state index < -0.39 is 0 Å². The topological polar surface area (TPSA) is 36.1 Å². The smallest absolute Gasteiger partial charge is 0.195 e. The van der Waals surface area contributed by atoms with E-state index in [-0.39, 0.29) is 11.3 Å². The molecule has 0 aliphatic carbocycles. The molecule has 1 aromatic heterocycles. The number of fused-ring (bicyclic) bond motifs is 5. The second-order valence-corrected chi connectivity index (χ2v) is 9.19. The molecular weight excluding hydrogens is 404 g/mol. The number of carbonyl (C=O) groups excluding carboxylic acids is 1. The molecule has 3 aromatic carbocycles. The molecule has 4 aromatic rings. The van der Waals surface area contributed by atoms with Gasteiger partial charge in [-0.15, -0.1) is 0 Å². The third-order valence-corrected chi connectivity index (χ3v) is 7.43. The molecule has 0 radical (unpaired) electrons. The summed E-state index contributed by atoms with van der Waals surface area (Å²) in [4.78, 5) is 19.8. The first-order valence-electron chi connectivity index (χ1n) is 11.5. The summed E-state index contributed by atoms with van der Waals surface area (Å²) in [5.74, 6) is 0.0679. The zero-order chi connectivity index (χ0) is 22.6. The molecule has 3 heterocycles. The molecule has 2 aliphatic heterocycles. The van der Waals surface area contributed by atoms with E-state index >= 15 is 0 Å². The summed E-state index contributed by atoms with van der Waals surface area (Å²) < 4.78 is 0. The minimum Gasteiger partial charge on any atom is -0.362 e. The van der Waals surface area contributed by atoms with Gasteiger partial charge in [-0.3, -0.25) is 4.79 Å². The highest BCUT2D eigenvalue weighted by Gasteiger charge is 2.43. The minimum atomic E-state index is -0.282. The quantitative estimate of drug-likeness (QED) is 0.370. The van der Waals surface area contributed by atoms with Gasteiger partial charge in [0, 0.05) is 40.5 Å². The van der Waals surface area contributed by atoms with Crippen molar-refractivity contribution in [1.82, 2.24) is 9.88 Å². The summed E-state index contributed by atoms with van der Waals surface area (Å²) in [6, 6.07) is 26.6. The van der Waals surface area contributed by atoms with Crippen molar-refractivity contribution >= 4 is 16.7 Å². The molecule has 33 heavy (non-hydrogen) atoms. The molecule has 0 fully saturated rings. The lowest BCUT2D eigenvalue weighted by atomic mass is 9.78. The number of ketones is 1. The molecule has 2 aliphatic rings. The number of nitrogens with zero attached hydrogens (tertiary/aromatic N) is 1. The lowest BCUT2D eigenvalue weighted by Gasteiger charge is -2.47. The second-order valence-electron chi connectivity index (χ2n) is 9.19. The van der Waals surface area contributed by atoms with Crippen LogP contribution in [0.2, 0.25) is 0 Å². The van der Waals surface area contributed by atoms with Crippen molar-refractivity contribution in [3.05, 3.63) is 119 Å². The van der Waals surface area contributed by atoms with Gasteiger partial charge in [0.1, 0.15) is 0 Å². The number of hydrogen-bond acceptors (Lipinski definition) is 2. The molecule has 6 rings (SSSR count). The number of allylic oxidation sites excluding steroid dienone is 2. The van der Waals surface area contributed by atoms with Gasteiger partial charge in [-0.2, -0.15) is 0 Å². The maximum absolute atomic E-state index is 13.8. The molecular formula is C30H26N2O. The number of aromatic amines is 1. The van der Waals surface area contributed by atoms with Crippen LogP contribution in [0.1, 0.15) is 35.5 Å². The standard InChI is InChI=1S/C30H26N2O/c1-20-18-22(28(33)25-14-7-6-12-23(25)21-10-4-3-5-11-21)19-32-17-16-26-24-13-8-9-15-27(24)31-29(26)30(20,32)2/h3-15,18-19,31H,16-17H2,1-2H3. The lowest BCUT2D eigenvalue weighted by Crippen LogP contribution is -2.48. The summed E-state index contributed by atoms with van der Waals surface area (Å²) in [5.41, 5.74) is 8.24. The fourth-order valence-corrected chi connectivity index (χ4v) is 5.50. The van der Waals surface area contributed by atoms with Crippen LogP contribution in [0.25, 0.3) is 22.0 Å². The molecule has 0 saturated heterocycles. The predicted octanol–water partition coefficient (Wildman–Crippen LogP) is 6.63. The van der Waals surface area contributed by atoms with E-state index in [1.807, 2.05) is 42.5 Å². The van der Waals surface area contributed by atoms with Crippen LogP contribution < -0.4 is 0 Å². The Labute approximate surface area is 194 Å². The Hall–Kier alpha value is -3.85. The van der Waals surface area contributed by atoms with E-state index in [1.165, 1.54) is 27.7 Å². The summed E-state index contributed by atoms with van der Waals surface area (Å²) >= 11 is 0. The van der Waals surface area contributed by atoms with E-state index in [4.69, 9.17) is 0 Å². The summed E-state index contributed by atoms with van der Waals surface area (Å²) in [5, 5.41) is 1.31. The van der Waals surface area contributed by atoms with Crippen molar-refractivity contribution < 1.29 is 4.79 Å². The molecule has 3 nitrogen and oxygen atoms in total. The average molecular weight is 431 g/mol. The van der Waals surface area contributed by atoms with E-state index in [2.05, 4.69) is 72.4 Å². The van der Waals surface area contributed by atoms with Crippen LogP contribution >= 0.6 is 0 Å². The van der Waals surface area contributed by atoms with Gasteiger partial charge in [0.15, 0.2) is 5.78 Å². The van der Waals surface area contributed by atoms with Crippen LogP contribution in [0, 0.1) is 0 Å². The highest BCUT2D eigenvalue weighted by molar-refractivity contribution is 6.14. The maximum Gasteiger partial charge on any atom is 0.195 e. The Kier molecular flexibility index (Phi) is 4.41. The average Bonchev–Trinajstić information content (AvgIpc) is 3.25. The first kappa shape index (κ1) is 19.8. The van der Waals surface area contributed by atoms with Crippen LogP contribution in [-0.2, 0) is 12.0 Å². The SMILES string of the molecule is CC1=CC(C(=O)c2ccccc2-c2ccccc2)=CN2CCc3c([nH]c4ccccc34)C12C. The van der Waals surface area contributed by atoms with Gasteiger partial charge in [0.25, 0.3) is 0 Å². The van der Waals surface area contributed by atoms with Gasteiger partial charge in [-0.05, 0) is 54.7 Å². The van der Waals surface area contributed by atoms with E-state index in [1.54, 1.807) is 0 Å². The second kappa shape index (κ2) is 7.35. The first-order valence-corrected chi connectivity index (χ1v) is 11.5. The fourth-order valence-electron chi connectivity index (χ4n) is 5.50. The zero-order valence-electron chi connectivity index (χ0n) is 18.9. The van der Waals surface area contributed by atoms with Crippen molar-refractivity contribution in [1.29, 1.82) is 0 Å². The summed E-state index contributed by atoms with van der Waals surface area (Å²) in [6.07, 6.45) is 5.12. The summed E-state index contributed by atoms with van der Waals surface area (Å²) in [7, 11) is 0. The molecule has 162 valence electrons. The predicted molar refractivity (Wildman–Crippen MR) is 134 cm³/mol.